The Morgan fingerprint density at radius 1 is 1.41 bits per heavy atom. The molecule has 27 heavy (non-hydrogen) atoms. The van der Waals surface area contributed by atoms with Gasteiger partial charge < -0.3 is 10.8 Å². The maximum atomic E-state index is 9.51. The van der Waals surface area contributed by atoms with Gasteiger partial charge in [0.15, 0.2) is 0 Å². The van der Waals surface area contributed by atoms with Gasteiger partial charge in [-0.2, -0.15) is 0 Å². The molecule has 0 spiro atoms. The maximum Gasteiger partial charge on any atom is 0.0611 e. The molecule has 3 atom stereocenters. The molecule has 0 amide bonds. The minimum absolute atomic E-state index is 0.0755. The van der Waals surface area contributed by atoms with E-state index in [1.54, 1.807) is 0 Å². The largest absolute Gasteiger partial charge is 0.394 e. The lowest BCUT2D eigenvalue weighted by atomic mass is 9.78. The van der Waals surface area contributed by atoms with Crippen molar-refractivity contribution >= 4 is 0 Å². The Hall–Kier alpha value is -1.71. The highest BCUT2D eigenvalue weighted by molar-refractivity contribution is 5.39. The van der Waals surface area contributed by atoms with E-state index in [0.717, 1.165) is 44.4 Å². The van der Waals surface area contributed by atoms with Gasteiger partial charge in [0.1, 0.15) is 0 Å². The lowest BCUT2D eigenvalue weighted by molar-refractivity contribution is 0.197. The van der Waals surface area contributed by atoms with E-state index in [2.05, 4.69) is 36.7 Å². The number of allylic oxidation sites excluding steroid dienone is 5. The van der Waals surface area contributed by atoms with Crippen LogP contribution in [0, 0.1) is 11.8 Å². The van der Waals surface area contributed by atoms with Gasteiger partial charge in [0.2, 0.25) is 0 Å². The normalized spacial score (nSPS) is 31.5. The van der Waals surface area contributed by atoms with Crippen LogP contribution in [0.25, 0.3) is 0 Å². The summed E-state index contributed by atoms with van der Waals surface area (Å²) in [6, 6.07) is 4.20. The van der Waals surface area contributed by atoms with Crippen LogP contribution in [0.5, 0.6) is 0 Å². The molecule has 0 saturated heterocycles. The van der Waals surface area contributed by atoms with E-state index in [9.17, 15) is 5.11 Å². The van der Waals surface area contributed by atoms with Crippen LogP contribution in [0.15, 0.2) is 60.0 Å². The van der Waals surface area contributed by atoms with Gasteiger partial charge >= 0.3 is 0 Å². The van der Waals surface area contributed by atoms with E-state index in [-0.39, 0.29) is 6.61 Å². The van der Waals surface area contributed by atoms with E-state index in [0.29, 0.717) is 5.92 Å². The molecule has 2 fully saturated rings. The molecule has 2 aliphatic carbocycles. The minimum atomic E-state index is -0.403. The van der Waals surface area contributed by atoms with Crippen molar-refractivity contribution in [2.75, 3.05) is 6.61 Å². The lowest BCUT2D eigenvalue weighted by Gasteiger charge is -2.27. The number of hydrogen-bond acceptors (Lipinski definition) is 3. The molecule has 0 unspecified atom stereocenters. The first-order valence-corrected chi connectivity index (χ1v) is 10.4. The van der Waals surface area contributed by atoms with Gasteiger partial charge in [-0.3, -0.25) is 4.98 Å². The summed E-state index contributed by atoms with van der Waals surface area (Å²) >= 11 is 0. The SMILES string of the molecule is C=C(/C=C1/CC[C@@H](CCc2cccnc2)C/C1=C/C)[C@H]1CC[C@](N)(CO)C1. The summed E-state index contributed by atoms with van der Waals surface area (Å²) in [7, 11) is 0. The molecule has 146 valence electrons. The van der Waals surface area contributed by atoms with E-state index >= 15 is 0 Å². The predicted molar refractivity (Wildman–Crippen MR) is 112 cm³/mol. The molecule has 0 aliphatic heterocycles. The number of rotatable bonds is 6. The van der Waals surface area contributed by atoms with Crippen LogP contribution in [0.2, 0.25) is 0 Å². The molecule has 2 saturated carbocycles. The van der Waals surface area contributed by atoms with Crippen molar-refractivity contribution in [1.82, 2.24) is 4.98 Å². The fourth-order valence-electron chi connectivity index (χ4n) is 4.65. The lowest BCUT2D eigenvalue weighted by Crippen LogP contribution is -2.40. The van der Waals surface area contributed by atoms with Crippen molar-refractivity contribution in [3.8, 4) is 0 Å². The fourth-order valence-corrected chi connectivity index (χ4v) is 4.65. The smallest absolute Gasteiger partial charge is 0.0611 e. The Kier molecular flexibility index (Phi) is 6.67. The van der Waals surface area contributed by atoms with Gasteiger partial charge in [-0.1, -0.05) is 30.4 Å². The number of aliphatic hydroxyl groups is 1. The number of aliphatic hydroxyl groups excluding tert-OH is 1. The van der Waals surface area contributed by atoms with Crippen molar-refractivity contribution in [1.29, 1.82) is 0 Å². The molecular formula is C24H34N2O. The van der Waals surface area contributed by atoms with Crippen molar-refractivity contribution in [3.05, 3.63) is 65.5 Å². The van der Waals surface area contributed by atoms with Crippen LogP contribution in [-0.4, -0.2) is 22.2 Å². The topological polar surface area (TPSA) is 59.1 Å². The zero-order valence-electron chi connectivity index (χ0n) is 16.7. The van der Waals surface area contributed by atoms with Crippen LogP contribution in [-0.2, 0) is 6.42 Å². The Morgan fingerprint density at radius 2 is 2.26 bits per heavy atom. The van der Waals surface area contributed by atoms with Crippen LogP contribution in [0.4, 0.5) is 0 Å². The Bertz CT molecular complexity index is 706. The third kappa shape index (κ3) is 5.18. The maximum absolute atomic E-state index is 9.51. The second-order valence-electron chi connectivity index (χ2n) is 8.53. The first kappa shape index (κ1) is 20.0. The quantitative estimate of drug-likeness (QED) is 0.765. The van der Waals surface area contributed by atoms with Crippen LogP contribution in [0.1, 0.15) is 57.4 Å². The van der Waals surface area contributed by atoms with E-state index in [4.69, 9.17) is 5.73 Å². The van der Waals surface area contributed by atoms with Crippen molar-refractivity contribution in [2.45, 2.75) is 63.8 Å². The summed E-state index contributed by atoms with van der Waals surface area (Å²) in [5.41, 5.74) is 11.3. The zero-order valence-corrected chi connectivity index (χ0v) is 16.7. The van der Waals surface area contributed by atoms with E-state index in [1.807, 2.05) is 18.5 Å². The molecular weight excluding hydrogens is 332 g/mol. The van der Waals surface area contributed by atoms with Gasteiger partial charge in [-0.05, 0) is 92.9 Å². The van der Waals surface area contributed by atoms with Crippen molar-refractivity contribution in [2.24, 2.45) is 17.6 Å². The number of aromatic nitrogens is 1. The molecule has 2 aliphatic rings. The third-order valence-electron chi connectivity index (χ3n) is 6.50. The van der Waals surface area contributed by atoms with Crippen LogP contribution in [0.3, 0.4) is 0 Å². The Morgan fingerprint density at radius 3 is 2.93 bits per heavy atom. The number of nitrogens with zero attached hydrogens (tertiary/aromatic N) is 1. The Balaban J connectivity index is 1.57. The standard InChI is InChI=1S/C24H34N2O/c1-3-21-14-19(6-7-20-5-4-12-26-16-20)8-9-22(21)13-18(2)23-10-11-24(25,15-23)17-27/h3-5,12-13,16,19,23,27H,2,6-11,14-15,17,25H2,1H3/b21-3-,22-13-/t19-,23+,24-/m1/s1. The molecule has 0 bridgehead atoms. The zero-order chi connectivity index (χ0) is 19.3. The second kappa shape index (κ2) is 8.99. The molecule has 1 aromatic rings. The first-order valence-electron chi connectivity index (χ1n) is 10.4. The van der Waals surface area contributed by atoms with Crippen molar-refractivity contribution in [3.63, 3.8) is 0 Å². The van der Waals surface area contributed by atoms with Gasteiger partial charge in [0.25, 0.3) is 0 Å². The van der Waals surface area contributed by atoms with Gasteiger partial charge in [-0.15, -0.1) is 0 Å². The number of hydrogen-bond donors (Lipinski definition) is 2. The minimum Gasteiger partial charge on any atom is -0.394 e. The fraction of sp³-hybridized carbons (Fsp3) is 0.542. The number of aryl methyl sites for hydroxylation is 1. The van der Waals surface area contributed by atoms with Gasteiger partial charge in [-0.25, -0.2) is 0 Å². The second-order valence-corrected chi connectivity index (χ2v) is 8.53. The average Bonchev–Trinajstić information content (AvgIpc) is 3.11. The van der Waals surface area contributed by atoms with Crippen LogP contribution < -0.4 is 5.73 Å². The summed E-state index contributed by atoms with van der Waals surface area (Å²) in [6.45, 7) is 6.58. The molecule has 3 heteroatoms. The predicted octanol–water partition coefficient (Wildman–Crippen LogP) is 4.73. The Labute approximate surface area is 164 Å². The highest BCUT2D eigenvalue weighted by Crippen LogP contribution is 2.40. The number of nitrogens with two attached hydrogens (primary N) is 1. The molecule has 3 nitrogen and oxygen atoms in total. The summed E-state index contributed by atoms with van der Waals surface area (Å²) in [4.78, 5) is 4.22. The third-order valence-corrected chi connectivity index (χ3v) is 6.50. The molecule has 3 rings (SSSR count). The highest BCUT2D eigenvalue weighted by atomic mass is 16.3. The molecule has 0 aromatic carbocycles. The van der Waals surface area contributed by atoms with E-state index < -0.39 is 5.54 Å². The van der Waals surface area contributed by atoms with E-state index in [1.165, 1.54) is 35.1 Å². The molecule has 1 aromatic heterocycles. The van der Waals surface area contributed by atoms with Gasteiger partial charge in [0, 0.05) is 17.9 Å². The summed E-state index contributed by atoms with van der Waals surface area (Å²) in [5, 5.41) is 9.51. The number of pyridine rings is 1. The first-order chi connectivity index (χ1) is 13.0. The summed E-state index contributed by atoms with van der Waals surface area (Å²) in [6.07, 6.45) is 17.1. The van der Waals surface area contributed by atoms with Gasteiger partial charge in [0.05, 0.1) is 6.61 Å². The monoisotopic (exact) mass is 366 g/mol. The summed E-state index contributed by atoms with van der Waals surface area (Å²) < 4.78 is 0. The summed E-state index contributed by atoms with van der Waals surface area (Å²) in [5.74, 6) is 1.16. The molecule has 1 heterocycles. The van der Waals surface area contributed by atoms with Crippen molar-refractivity contribution < 1.29 is 5.11 Å². The van der Waals surface area contributed by atoms with Crippen LogP contribution >= 0.6 is 0 Å². The highest BCUT2D eigenvalue weighted by Gasteiger charge is 2.36. The average molecular weight is 367 g/mol. The molecule has 3 N–H and O–H groups in total. The molecule has 0 radical (unpaired) electrons.